The van der Waals surface area contributed by atoms with Crippen LogP contribution in [0, 0.1) is 0 Å². The Balaban J connectivity index is 1.67. The third-order valence-electron chi connectivity index (χ3n) is 5.10. The molecule has 0 spiro atoms. The van der Waals surface area contributed by atoms with Crippen molar-refractivity contribution in [1.29, 1.82) is 0 Å². The SMILES string of the molecule is O=C(c1ccccc1OC(F)F)N1CCCC[C@H]1CCN1CCOCC1. The lowest BCUT2D eigenvalue weighted by molar-refractivity contribution is -0.0503. The largest absolute Gasteiger partial charge is 0.434 e. The number of nitrogens with zero attached hydrogens (tertiary/aromatic N) is 2. The van der Waals surface area contributed by atoms with E-state index in [4.69, 9.17) is 4.74 Å². The highest BCUT2D eigenvalue weighted by Crippen LogP contribution is 2.27. The molecule has 7 heteroatoms. The molecule has 0 bridgehead atoms. The van der Waals surface area contributed by atoms with Crippen molar-refractivity contribution in [2.24, 2.45) is 0 Å². The summed E-state index contributed by atoms with van der Waals surface area (Å²) in [4.78, 5) is 17.2. The number of halogens is 2. The quantitative estimate of drug-likeness (QED) is 0.774. The van der Waals surface area contributed by atoms with Gasteiger partial charge in [-0.05, 0) is 37.8 Å². The highest BCUT2D eigenvalue weighted by molar-refractivity contribution is 5.97. The van der Waals surface area contributed by atoms with Crippen molar-refractivity contribution in [3.63, 3.8) is 0 Å². The van der Waals surface area contributed by atoms with Crippen LogP contribution in [0.5, 0.6) is 5.75 Å². The first-order valence-corrected chi connectivity index (χ1v) is 9.30. The normalized spacial score (nSPS) is 21.8. The first kappa shape index (κ1) is 19.0. The van der Waals surface area contributed by atoms with Crippen LogP contribution in [-0.4, -0.2) is 67.8 Å². The number of amides is 1. The maximum atomic E-state index is 13.0. The zero-order valence-electron chi connectivity index (χ0n) is 14.9. The standard InChI is InChI=1S/C19H26F2N2O3/c20-19(21)26-17-7-2-1-6-16(17)18(24)23-9-4-3-5-15(23)8-10-22-11-13-25-14-12-22/h1-2,6-7,15,19H,3-5,8-14H2/t15-/m0/s1. The van der Waals surface area contributed by atoms with E-state index in [-0.39, 0.29) is 23.3 Å². The van der Waals surface area contributed by atoms with Crippen molar-refractivity contribution in [1.82, 2.24) is 9.80 Å². The second kappa shape index (κ2) is 9.28. The van der Waals surface area contributed by atoms with Gasteiger partial charge >= 0.3 is 6.61 Å². The van der Waals surface area contributed by atoms with Gasteiger partial charge in [-0.25, -0.2) is 0 Å². The monoisotopic (exact) mass is 368 g/mol. The van der Waals surface area contributed by atoms with E-state index in [9.17, 15) is 13.6 Å². The van der Waals surface area contributed by atoms with Gasteiger partial charge in [0.05, 0.1) is 18.8 Å². The fraction of sp³-hybridized carbons (Fsp3) is 0.632. The van der Waals surface area contributed by atoms with Gasteiger partial charge in [0, 0.05) is 32.2 Å². The number of carbonyl (C=O) groups excluding carboxylic acids is 1. The molecule has 0 aliphatic carbocycles. The van der Waals surface area contributed by atoms with E-state index in [0.29, 0.717) is 6.54 Å². The van der Waals surface area contributed by atoms with Crippen molar-refractivity contribution in [3.05, 3.63) is 29.8 Å². The van der Waals surface area contributed by atoms with Gasteiger partial charge in [-0.3, -0.25) is 9.69 Å². The minimum absolute atomic E-state index is 0.0509. The van der Waals surface area contributed by atoms with E-state index in [0.717, 1.165) is 58.5 Å². The highest BCUT2D eigenvalue weighted by atomic mass is 19.3. The summed E-state index contributed by atoms with van der Waals surface area (Å²) >= 11 is 0. The molecule has 2 aliphatic heterocycles. The van der Waals surface area contributed by atoms with Gasteiger partial charge in [0.15, 0.2) is 0 Å². The Morgan fingerprint density at radius 3 is 2.73 bits per heavy atom. The predicted octanol–water partition coefficient (Wildman–Crippen LogP) is 3.01. The molecular weight excluding hydrogens is 342 g/mol. The summed E-state index contributed by atoms with van der Waals surface area (Å²) in [5.74, 6) is -0.266. The first-order valence-electron chi connectivity index (χ1n) is 9.30. The van der Waals surface area contributed by atoms with E-state index in [2.05, 4.69) is 9.64 Å². The van der Waals surface area contributed by atoms with Gasteiger partial charge in [0.2, 0.25) is 0 Å². The molecule has 5 nitrogen and oxygen atoms in total. The predicted molar refractivity (Wildman–Crippen MR) is 93.6 cm³/mol. The maximum Gasteiger partial charge on any atom is 0.387 e. The third-order valence-corrected chi connectivity index (χ3v) is 5.10. The first-order chi connectivity index (χ1) is 12.6. The second-order valence-corrected chi connectivity index (χ2v) is 6.77. The number of benzene rings is 1. The van der Waals surface area contributed by atoms with Gasteiger partial charge in [0.25, 0.3) is 5.91 Å². The second-order valence-electron chi connectivity index (χ2n) is 6.77. The summed E-state index contributed by atoms with van der Waals surface area (Å²) in [6.07, 6.45) is 3.88. The van der Waals surface area contributed by atoms with Crippen molar-refractivity contribution in [3.8, 4) is 5.75 Å². The van der Waals surface area contributed by atoms with E-state index >= 15 is 0 Å². The summed E-state index contributed by atoms with van der Waals surface area (Å²) in [5, 5.41) is 0. The number of morpholine rings is 1. The topological polar surface area (TPSA) is 42.0 Å². The summed E-state index contributed by atoms with van der Waals surface area (Å²) in [5.41, 5.74) is 0.214. The number of rotatable bonds is 6. The summed E-state index contributed by atoms with van der Waals surface area (Å²) in [6, 6.07) is 6.40. The number of alkyl halides is 2. The molecular formula is C19H26F2N2O3. The minimum Gasteiger partial charge on any atom is -0.434 e. The van der Waals surface area contributed by atoms with Crippen LogP contribution in [0.3, 0.4) is 0 Å². The molecule has 2 fully saturated rings. The lowest BCUT2D eigenvalue weighted by Crippen LogP contribution is -2.46. The van der Waals surface area contributed by atoms with Crippen LogP contribution < -0.4 is 4.74 Å². The van der Waals surface area contributed by atoms with Crippen LogP contribution >= 0.6 is 0 Å². The number of hydrogen-bond donors (Lipinski definition) is 0. The summed E-state index contributed by atoms with van der Waals surface area (Å²) in [7, 11) is 0. The molecule has 1 amide bonds. The van der Waals surface area contributed by atoms with Gasteiger partial charge < -0.3 is 14.4 Å². The smallest absolute Gasteiger partial charge is 0.387 e. The molecule has 3 rings (SSSR count). The lowest BCUT2D eigenvalue weighted by Gasteiger charge is -2.37. The number of hydrogen-bond acceptors (Lipinski definition) is 4. The van der Waals surface area contributed by atoms with Crippen molar-refractivity contribution >= 4 is 5.91 Å². The fourth-order valence-electron chi connectivity index (χ4n) is 3.72. The molecule has 0 radical (unpaired) electrons. The number of carbonyl (C=O) groups is 1. The summed E-state index contributed by atoms with van der Waals surface area (Å²) in [6.45, 7) is 2.00. The molecule has 2 saturated heterocycles. The van der Waals surface area contributed by atoms with E-state index in [1.807, 2.05) is 4.90 Å². The lowest BCUT2D eigenvalue weighted by atomic mass is 9.97. The van der Waals surface area contributed by atoms with Crippen LogP contribution in [0.1, 0.15) is 36.0 Å². The Morgan fingerprint density at radius 2 is 1.96 bits per heavy atom. The van der Waals surface area contributed by atoms with Crippen molar-refractivity contribution < 1.29 is 23.0 Å². The van der Waals surface area contributed by atoms with Crippen molar-refractivity contribution in [2.75, 3.05) is 39.4 Å². The molecule has 144 valence electrons. The number of ether oxygens (including phenoxy) is 2. The zero-order chi connectivity index (χ0) is 18.4. The molecule has 1 atom stereocenters. The summed E-state index contributed by atoms with van der Waals surface area (Å²) < 4.78 is 35.2. The molecule has 1 aromatic rings. The number of piperidine rings is 1. The van der Waals surface area contributed by atoms with Crippen molar-refractivity contribution in [2.45, 2.75) is 38.3 Å². The Kier molecular flexibility index (Phi) is 6.80. The highest BCUT2D eigenvalue weighted by Gasteiger charge is 2.29. The van der Waals surface area contributed by atoms with Crippen LogP contribution in [0.4, 0.5) is 8.78 Å². The fourth-order valence-corrected chi connectivity index (χ4v) is 3.72. The van der Waals surface area contributed by atoms with Gasteiger partial charge in [-0.2, -0.15) is 8.78 Å². The number of para-hydroxylation sites is 1. The van der Waals surface area contributed by atoms with Gasteiger partial charge in [-0.15, -0.1) is 0 Å². The average molecular weight is 368 g/mol. The molecule has 26 heavy (non-hydrogen) atoms. The Hall–Kier alpha value is -1.73. The average Bonchev–Trinajstić information content (AvgIpc) is 2.67. The molecule has 2 aliphatic rings. The molecule has 1 aromatic carbocycles. The number of likely N-dealkylation sites (tertiary alicyclic amines) is 1. The zero-order valence-corrected chi connectivity index (χ0v) is 14.9. The Morgan fingerprint density at radius 1 is 1.19 bits per heavy atom. The maximum absolute atomic E-state index is 13.0. The molecule has 2 heterocycles. The Bertz CT molecular complexity index is 594. The molecule has 0 N–H and O–H groups in total. The molecule has 0 unspecified atom stereocenters. The molecule has 0 saturated carbocycles. The van der Waals surface area contributed by atoms with Crippen LogP contribution in [-0.2, 0) is 4.74 Å². The molecule has 0 aromatic heterocycles. The van der Waals surface area contributed by atoms with E-state index in [1.54, 1.807) is 18.2 Å². The van der Waals surface area contributed by atoms with Crippen LogP contribution in [0.15, 0.2) is 24.3 Å². The van der Waals surface area contributed by atoms with Crippen LogP contribution in [0.25, 0.3) is 0 Å². The third kappa shape index (κ3) is 4.92. The van der Waals surface area contributed by atoms with Crippen LogP contribution in [0.2, 0.25) is 0 Å². The van der Waals surface area contributed by atoms with E-state index < -0.39 is 6.61 Å². The van der Waals surface area contributed by atoms with Gasteiger partial charge in [0.1, 0.15) is 5.75 Å². The van der Waals surface area contributed by atoms with Gasteiger partial charge in [-0.1, -0.05) is 12.1 Å². The minimum atomic E-state index is -2.94. The Labute approximate surface area is 152 Å². The van der Waals surface area contributed by atoms with E-state index in [1.165, 1.54) is 6.07 Å².